The number of amides is 2. The van der Waals surface area contributed by atoms with Crippen LogP contribution in [0, 0.1) is 0 Å². The lowest BCUT2D eigenvalue weighted by atomic mass is 10.3. The number of thioether (sulfide) groups is 1. The van der Waals surface area contributed by atoms with Gasteiger partial charge in [0.2, 0.25) is 11.8 Å². The van der Waals surface area contributed by atoms with Crippen LogP contribution in [0.2, 0.25) is 0 Å². The number of ether oxygens (including phenoxy) is 1. The second kappa shape index (κ2) is 10.6. The van der Waals surface area contributed by atoms with E-state index in [0.29, 0.717) is 23.7 Å². The van der Waals surface area contributed by atoms with Crippen molar-refractivity contribution in [1.82, 2.24) is 15.3 Å². The van der Waals surface area contributed by atoms with Crippen LogP contribution in [0.15, 0.2) is 57.8 Å². The molecule has 3 N–H and O–H groups in total. The van der Waals surface area contributed by atoms with Gasteiger partial charge in [-0.25, -0.2) is 4.98 Å². The van der Waals surface area contributed by atoms with Crippen LogP contribution < -0.4 is 20.9 Å². The van der Waals surface area contributed by atoms with E-state index in [2.05, 4.69) is 20.6 Å². The molecule has 8 nitrogen and oxygen atoms in total. The Hall–Kier alpha value is -3.11. The Labute approximate surface area is 181 Å². The average Bonchev–Trinajstić information content (AvgIpc) is 3.24. The standard InChI is InChI=1S/C20H20N4O4S2/c1-28-15-5-2-4-13(8-15)22-19(27)12-30-20-23-14(10-18(26)24-20)9-17(25)21-11-16-6-3-7-29-16/h2-8,10H,9,11-12H2,1H3,(H,21,25)(H,22,27)(H,23,24,26). The van der Waals surface area contributed by atoms with Crippen LogP contribution in [0.4, 0.5) is 5.69 Å². The second-order valence-corrected chi connectivity index (χ2v) is 8.14. The summed E-state index contributed by atoms with van der Waals surface area (Å²) in [5, 5.41) is 7.77. The monoisotopic (exact) mass is 444 g/mol. The van der Waals surface area contributed by atoms with E-state index >= 15 is 0 Å². The minimum atomic E-state index is -0.373. The van der Waals surface area contributed by atoms with Crippen LogP contribution in [-0.4, -0.2) is 34.6 Å². The molecule has 0 aliphatic rings. The predicted octanol–water partition coefficient (Wildman–Crippen LogP) is 2.43. The number of carbonyl (C=O) groups is 2. The van der Waals surface area contributed by atoms with Gasteiger partial charge in [-0.15, -0.1) is 11.3 Å². The summed E-state index contributed by atoms with van der Waals surface area (Å²) in [6, 6.07) is 12.1. The number of rotatable bonds is 9. The fourth-order valence-corrected chi connectivity index (χ4v) is 3.84. The quantitative estimate of drug-likeness (QED) is 0.345. The smallest absolute Gasteiger partial charge is 0.251 e. The Morgan fingerprint density at radius 2 is 2.07 bits per heavy atom. The van der Waals surface area contributed by atoms with E-state index in [1.165, 1.54) is 6.07 Å². The molecule has 0 radical (unpaired) electrons. The highest BCUT2D eigenvalue weighted by molar-refractivity contribution is 7.99. The van der Waals surface area contributed by atoms with Gasteiger partial charge in [0.25, 0.3) is 5.56 Å². The van der Waals surface area contributed by atoms with Crippen molar-refractivity contribution in [1.29, 1.82) is 0 Å². The Kier molecular flexibility index (Phi) is 7.63. The molecule has 2 heterocycles. The molecule has 0 saturated carbocycles. The molecule has 0 aliphatic heterocycles. The van der Waals surface area contributed by atoms with Crippen molar-refractivity contribution in [2.24, 2.45) is 0 Å². The minimum Gasteiger partial charge on any atom is -0.497 e. The Bertz CT molecular complexity index is 1070. The maximum Gasteiger partial charge on any atom is 0.251 e. The van der Waals surface area contributed by atoms with E-state index in [9.17, 15) is 14.4 Å². The molecule has 30 heavy (non-hydrogen) atoms. The molecular formula is C20H20N4O4S2. The molecule has 2 aromatic heterocycles. The van der Waals surface area contributed by atoms with Gasteiger partial charge in [-0.1, -0.05) is 23.9 Å². The molecule has 156 valence electrons. The molecule has 0 fully saturated rings. The third-order valence-electron chi connectivity index (χ3n) is 3.85. The van der Waals surface area contributed by atoms with Gasteiger partial charge in [0.05, 0.1) is 31.5 Å². The van der Waals surface area contributed by atoms with Gasteiger partial charge in [0, 0.05) is 22.7 Å². The summed E-state index contributed by atoms with van der Waals surface area (Å²) in [5.74, 6) is 0.202. The summed E-state index contributed by atoms with van der Waals surface area (Å²) in [4.78, 5) is 44.1. The van der Waals surface area contributed by atoms with E-state index in [4.69, 9.17) is 4.74 Å². The molecule has 0 atom stereocenters. The van der Waals surface area contributed by atoms with Crippen molar-refractivity contribution in [3.8, 4) is 5.75 Å². The molecule has 0 bridgehead atoms. The van der Waals surface area contributed by atoms with Crippen LogP contribution in [0.5, 0.6) is 5.75 Å². The molecule has 1 aromatic carbocycles. The number of H-pyrrole nitrogens is 1. The number of nitrogens with zero attached hydrogens (tertiary/aromatic N) is 1. The number of hydrogen-bond acceptors (Lipinski definition) is 7. The molecule has 0 saturated heterocycles. The van der Waals surface area contributed by atoms with Crippen molar-refractivity contribution in [2.75, 3.05) is 18.2 Å². The van der Waals surface area contributed by atoms with Gasteiger partial charge in [-0.2, -0.15) is 0 Å². The zero-order chi connectivity index (χ0) is 21.3. The number of anilines is 1. The normalized spacial score (nSPS) is 10.4. The van der Waals surface area contributed by atoms with E-state index in [-0.39, 0.29) is 34.7 Å². The summed E-state index contributed by atoms with van der Waals surface area (Å²) in [6.07, 6.45) is -0.0150. The van der Waals surface area contributed by atoms with Gasteiger partial charge in [-0.3, -0.25) is 14.4 Å². The zero-order valence-corrected chi connectivity index (χ0v) is 17.8. The number of nitrogens with one attached hydrogen (secondary N) is 3. The van der Waals surface area contributed by atoms with E-state index in [1.54, 1.807) is 42.7 Å². The number of benzene rings is 1. The van der Waals surface area contributed by atoms with Crippen LogP contribution >= 0.6 is 23.1 Å². The van der Waals surface area contributed by atoms with E-state index < -0.39 is 0 Å². The molecule has 0 aliphatic carbocycles. The van der Waals surface area contributed by atoms with Gasteiger partial charge < -0.3 is 20.4 Å². The molecule has 10 heteroatoms. The summed E-state index contributed by atoms with van der Waals surface area (Å²) >= 11 is 2.64. The second-order valence-electron chi connectivity index (χ2n) is 6.14. The minimum absolute atomic E-state index is 0.0150. The van der Waals surface area contributed by atoms with Gasteiger partial charge in [-0.05, 0) is 23.6 Å². The number of carbonyl (C=O) groups excluding carboxylic acids is 2. The largest absolute Gasteiger partial charge is 0.497 e. The van der Waals surface area contributed by atoms with Crippen molar-refractivity contribution < 1.29 is 14.3 Å². The summed E-state index contributed by atoms with van der Waals surface area (Å²) in [5.41, 5.74) is 0.581. The summed E-state index contributed by atoms with van der Waals surface area (Å²) in [6.45, 7) is 0.436. The Balaban J connectivity index is 1.53. The highest BCUT2D eigenvalue weighted by Gasteiger charge is 2.10. The fraction of sp³-hybridized carbons (Fsp3) is 0.200. The molecule has 3 rings (SSSR count). The highest BCUT2D eigenvalue weighted by atomic mass is 32.2. The summed E-state index contributed by atoms with van der Waals surface area (Å²) < 4.78 is 5.12. The summed E-state index contributed by atoms with van der Waals surface area (Å²) in [7, 11) is 1.55. The number of methoxy groups -OCH3 is 1. The molecule has 0 spiro atoms. The lowest BCUT2D eigenvalue weighted by molar-refractivity contribution is -0.120. The number of aromatic amines is 1. The first-order valence-electron chi connectivity index (χ1n) is 8.98. The maximum absolute atomic E-state index is 12.2. The van der Waals surface area contributed by atoms with E-state index in [0.717, 1.165) is 16.6 Å². The van der Waals surface area contributed by atoms with Crippen LogP contribution in [0.1, 0.15) is 10.6 Å². The SMILES string of the molecule is COc1cccc(NC(=O)CSc2nc(CC(=O)NCc3cccs3)cc(=O)[nH]2)c1. The van der Waals surface area contributed by atoms with Crippen molar-refractivity contribution >= 4 is 40.6 Å². The van der Waals surface area contributed by atoms with Crippen molar-refractivity contribution in [3.05, 3.63) is 68.8 Å². The van der Waals surface area contributed by atoms with E-state index in [1.807, 2.05) is 17.5 Å². The molecule has 0 unspecified atom stereocenters. The molecule has 2 amide bonds. The molecule has 3 aromatic rings. The lowest BCUT2D eigenvalue weighted by Gasteiger charge is -2.07. The number of thiophene rings is 1. The average molecular weight is 445 g/mol. The topological polar surface area (TPSA) is 113 Å². The Morgan fingerprint density at radius 1 is 1.20 bits per heavy atom. The maximum atomic E-state index is 12.2. The number of hydrogen-bond donors (Lipinski definition) is 3. The lowest BCUT2D eigenvalue weighted by Crippen LogP contribution is -2.25. The van der Waals surface area contributed by atoms with Crippen LogP contribution in [-0.2, 0) is 22.6 Å². The molecular weight excluding hydrogens is 424 g/mol. The third kappa shape index (κ3) is 6.75. The van der Waals surface area contributed by atoms with Crippen molar-refractivity contribution in [3.63, 3.8) is 0 Å². The first kappa shape index (κ1) is 21.6. The first-order chi connectivity index (χ1) is 14.5. The van der Waals surface area contributed by atoms with Gasteiger partial charge >= 0.3 is 0 Å². The predicted molar refractivity (Wildman–Crippen MR) is 117 cm³/mol. The van der Waals surface area contributed by atoms with Crippen LogP contribution in [0.3, 0.4) is 0 Å². The Morgan fingerprint density at radius 3 is 2.83 bits per heavy atom. The number of aromatic nitrogens is 2. The van der Waals surface area contributed by atoms with Crippen molar-refractivity contribution in [2.45, 2.75) is 18.1 Å². The van der Waals surface area contributed by atoms with Crippen LogP contribution in [0.25, 0.3) is 0 Å². The zero-order valence-electron chi connectivity index (χ0n) is 16.1. The first-order valence-corrected chi connectivity index (χ1v) is 10.8. The third-order valence-corrected chi connectivity index (χ3v) is 5.60. The highest BCUT2D eigenvalue weighted by Crippen LogP contribution is 2.18. The van der Waals surface area contributed by atoms with Gasteiger partial charge in [0.1, 0.15) is 5.75 Å². The van der Waals surface area contributed by atoms with Gasteiger partial charge in [0.15, 0.2) is 5.16 Å². The fourth-order valence-electron chi connectivity index (χ4n) is 2.50.